The van der Waals surface area contributed by atoms with Crippen molar-refractivity contribution in [2.24, 2.45) is 5.92 Å². The van der Waals surface area contributed by atoms with Crippen LogP contribution < -0.4 is 5.32 Å². The fourth-order valence-electron chi connectivity index (χ4n) is 2.39. The van der Waals surface area contributed by atoms with Crippen LogP contribution in [0.4, 0.5) is 0 Å². The number of nitrogens with zero attached hydrogens (tertiary/aromatic N) is 1. The topological polar surface area (TPSA) is 24.9 Å². The molecule has 13 heavy (non-hydrogen) atoms. The van der Waals surface area contributed by atoms with Gasteiger partial charge in [-0.3, -0.25) is 0 Å². The lowest BCUT2D eigenvalue weighted by Gasteiger charge is -2.18. The zero-order valence-electron chi connectivity index (χ0n) is 8.16. The largest absolute Gasteiger partial charge is 0.317 e. The van der Waals surface area contributed by atoms with Gasteiger partial charge in [-0.1, -0.05) is 6.92 Å². The van der Waals surface area contributed by atoms with Gasteiger partial charge in [0.1, 0.15) is 0 Å². The summed E-state index contributed by atoms with van der Waals surface area (Å²) in [6.07, 6.45) is 4.54. The van der Waals surface area contributed by atoms with Crippen LogP contribution in [0.2, 0.25) is 0 Å². The van der Waals surface area contributed by atoms with E-state index in [4.69, 9.17) is 0 Å². The third kappa shape index (κ3) is 1.63. The second-order valence-corrected chi connectivity index (χ2v) is 4.72. The van der Waals surface area contributed by atoms with Crippen molar-refractivity contribution in [3.8, 4) is 0 Å². The Labute approximate surface area is 83.5 Å². The lowest BCUT2D eigenvalue weighted by Crippen LogP contribution is -2.28. The van der Waals surface area contributed by atoms with Gasteiger partial charge in [0.05, 0.1) is 0 Å². The lowest BCUT2D eigenvalue weighted by atomic mass is 9.94. The molecule has 1 saturated carbocycles. The van der Waals surface area contributed by atoms with Crippen molar-refractivity contribution in [3.05, 3.63) is 17.1 Å². The Hall–Kier alpha value is -0.410. The molecule has 1 fully saturated rings. The predicted octanol–water partition coefficient (Wildman–Crippen LogP) is 2.24. The Morgan fingerprint density at radius 1 is 1.54 bits per heavy atom. The van der Waals surface area contributed by atoms with E-state index in [1.165, 1.54) is 17.7 Å². The zero-order valence-corrected chi connectivity index (χ0v) is 8.97. The fourth-order valence-corrected chi connectivity index (χ4v) is 3.22. The third-order valence-electron chi connectivity index (χ3n) is 3.25. The fraction of sp³-hybridized carbons (Fsp3) is 0.700. The van der Waals surface area contributed by atoms with Crippen molar-refractivity contribution in [2.75, 3.05) is 7.05 Å². The molecule has 3 heteroatoms. The lowest BCUT2D eigenvalue weighted by molar-refractivity contribution is 0.431. The van der Waals surface area contributed by atoms with Gasteiger partial charge >= 0.3 is 0 Å². The van der Waals surface area contributed by atoms with Gasteiger partial charge in [-0.05, 0) is 49.3 Å². The van der Waals surface area contributed by atoms with Gasteiger partial charge in [-0.2, -0.15) is 0 Å². The van der Waals surface area contributed by atoms with Crippen molar-refractivity contribution in [3.63, 3.8) is 0 Å². The zero-order chi connectivity index (χ0) is 9.26. The molecular formula is C10H16N2S. The van der Waals surface area contributed by atoms with Crippen molar-refractivity contribution in [1.82, 2.24) is 9.69 Å². The number of hydrogen-bond acceptors (Lipinski definition) is 3. The Bertz CT molecular complexity index is 258. The normalized spacial score (nSPS) is 33.8. The van der Waals surface area contributed by atoms with Gasteiger partial charge in [-0.15, -0.1) is 0 Å². The van der Waals surface area contributed by atoms with Crippen molar-refractivity contribution < 1.29 is 0 Å². The molecule has 0 aromatic carbocycles. The van der Waals surface area contributed by atoms with E-state index in [2.05, 4.69) is 29.7 Å². The summed E-state index contributed by atoms with van der Waals surface area (Å²) in [7, 11) is 2.07. The van der Waals surface area contributed by atoms with Crippen molar-refractivity contribution >= 4 is 11.5 Å². The summed E-state index contributed by atoms with van der Waals surface area (Å²) in [5.41, 5.74) is 0. The summed E-state index contributed by atoms with van der Waals surface area (Å²) >= 11 is 1.66. The quantitative estimate of drug-likeness (QED) is 0.784. The van der Waals surface area contributed by atoms with Gasteiger partial charge in [-0.25, -0.2) is 4.37 Å². The average molecular weight is 196 g/mol. The summed E-state index contributed by atoms with van der Waals surface area (Å²) in [6, 6.07) is 2.87. The first kappa shape index (κ1) is 9.16. The summed E-state index contributed by atoms with van der Waals surface area (Å²) in [6.45, 7) is 2.35. The Morgan fingerprint density at radius 3 is 2.92 bits per heavy atom. The highest BCUT2D eigenvalue weighted by Gasteiger charge is 2.33. The number of hydrogen-bond donors (Lipinski definition) is 1. The summed E-state index contributed by atoms with van der Waals surface area (Å²) in [5, 5.41) is 3.39. The van der Waals surface area contributed by atoms with Crippen LogP contribution in [0.15, 0.2) is 12.3 Å². The van der Waals surface area contributed by atoms with Crippen LogP contribution >= 0.6 is 11.5 Å². The second-order valence-electron chi connectivity index (χ2n) is 3.85. The highest BCUT2D eigenvalue weighted by Crippen LogP contribution is 2.40. The van der Waals surface area contributed by atoms with Crippen LogP contribution in [0.25, 0.3) is 0 Å². The van der Waals surface area contributed by atoms with E-state index in [1.807, 2.05) is 6.20 Å². The van der Waals surface area contributed by atoms with Gasteiger partial charge in [0.15, 0.2) is 0 Å². The Morgan fingerprint density at radius 2 is 2.38 bits per heavy atom. The van der Waals surface area contributed by atoms with E-state index >= 15 is 0 Å². The maximum Gasteiger partial charge on any atom is 0.0409 e. The molecular weight excluding hydrogens is 180 g/mol. The average Bonchev–Trinajstić information content (AvgIpc) is 2.72. The molecule has 2 nitrogen and oxygen atoms in total. The van der Waals surface area contributed by atoms with E-state index in [-0.39, 0.29) is 0 Å². The molecule has 1 aromatic rings. The monoisotopic (exact) mass is 196 g/mol. The Balaban J connectivity index is 2.11. The highest BCUT2D eigenvalue weighted by molar-refractivity contribution is 7.05. The van der Waals surface area contributed by atoms with Gasteiger partial charge in [0.2, 0.25) is 0 Å². The van der Waals surface area contributed by atoms with E-state index in [0.717, 1.165) is 11.8 Å². The van der Waals surface area contributed by atoms with Gasteiger partial charge in [0.25, 0.3) is 0 Å². The van der Waals surface area contributed by atoms with E-state index < -0.39 is 0 Å². The van der Waals surface area contributed by atoms with E-state index in [9.17, 15) is 0 Å². The molecule has 1 aliphatic rings. The van der Waals surface area contributed by atoms with Crippen molar-refractivity contribution in [1.29, 1.82) is 0 Å². The highest BCUT2D eigenvalue weighted by atomic mass is 32.1. The molecule has 0 bridgehead atoms. The van der Waals surface area contributed by atoms with Gasteiger partial charge in [0, 0.05) is 17.1 Å². The van der Waals surface area contributed by atoms with Crippen LogP contribution in [0, 0.1) is 5.92 Å². The molecule has 72 valence electrons. The first-order chi connectivity index (χ1) is 6.33. The van der Waals surface area contributed by atoms with Crippen LogP contribution in [0.3, 0.4) is 0 Å². The number of aromatic nitrogens is 1. The first-order valence-electron chi connectivity index (χ1n) is 4.90. The molecule has 0 amide bonds. The first-order valence-corrected chi connectivity index (χ1v) is 5.68. The molecule has 0 aliphatic heterocycles. The summed E-state index contributed by atoms with van der Waals surface area (Å²) in [5.74, 6) is 1.50. The van der Waals surface area contributed by atoms with Crippen LogP contribution in [-0.4, -0.2) is 17.5 Å². The number of nitrogens with one attached hydrogen (secondary N) is 1. The molecule has 1 aromatic heterocycles. The molecule has 1 heterocycles. The smallest absolute Gasteiger partial charge is 0.0409 e. The Kier molecular flexibility index (Phi) is 2.65. The predicted molar refractivity (Wildman–Crippen MR) is 56.1 cm³/mol. The van der Waals surface area contributed by atoms with E-state index in [1.54, 1.807) is 11.5 Å². The molecule has 0 radical (unpaired) electrons. The summed E-state index contributed by atoms with van der Waals surface area (Å²) < 4.78 is 4.17. The second kappa shape index (κ2) is 3.76. The van der Waals surface area contributed by atoms with Crippen molar-refractivity contribution in [2.45, 2.75) is 31.7 Å². The maximum absolute atomic E-state index is 4.17. The summed E-state index contributed by atoms with van der Waals surface area (Å²) in [4.78, 5) is 1.46. The van der Waals surface area contributed by atoms with Crippen LogP contribution in [-0.2, 0) is 0 Å². The SMILES string of the molecule is CNC1CCC(c2ccns2)C1C. The molecule has 1 aliphatic carbocycles. The molecule has 0 saturated heterocycles. The molecule has 2 rings (SSSR count). The number of rotatable bonds is 2. The maximum atomic E-state index is 4.17. The minimum Gasteiger partial charge on any atom is -0.317 e. The van der Waals surface area contributed by atoms with E-state index in [0.29, 0.717) is 6.04 Å². The third-order valence-corrected chi connectivity index (χ3v) is 4.13. The molecule has 0 spiro atoms. The minimum absolute atomic E-state index is 0.701. The van der Waals surface area contributed by atoms with Crippen LogP contribution in [0.1, 0.15) is 30.6 Å². The molecule has 3 unspecified atom stereocenters. The molecule has 1 N–H and O–H groups in total. The van der Waals surface area contributed by atoms with Gasteiger partial charge < -0.3 is 5.32 Å². The minimum atomic E-state index is 0.701. The standard InChI is InChI=1S/C10H16N2S/c1-7-8(3-4-9(7)11-2)10-5-6-12-13-10/h5-9,11H,3-4H2,1-2H3. The molecule has 3 atom stereocenters. The van der Waals surface area contributed by atoms with Crippen LogP contribution in [0.5, 0.6) is 0 Å².